The first-order valence-corrected chi connectivity index (χ1v) is 8.72. The fraction of sp³-hybridized carbons (Fsp3) is 0.526. The number of aryl methyl sites for hydroxylation is 2. The topological polar surface area (TPSA) is 50.5 Å². The second kappa shape index (κ2) is 7.81. The molecule has 0 spiro atoms. The highest BCUT2D eigenvalue weighted by Crippen LogP contribution is 2.26. The number of nitrogens with zero attached hydrogens (tertiary/aromatic N) is 3. The largest absolute Gasteiger partial charge is 0.490 e. The minimum Gasteiger partial charge on any atom is -0.490 e. The zero-order valence-electron chi connectivity index (χ0n) is 14.6. The van der Waals surface area contributed by atoms with E-state index in [0.29, 0.717) is 13.1 Å². The Balaban J connectivity index is 1.45. The first-order chi connectivity index (χ1) is 11.6. The lowest BCUT2D eigenvalue weighted by atomic mass is 10.1. The fourth-order valence-electron chi connectivity index (χ4n) is 3.34. The third-order valence-electron chi connectivity index (χ3n) is 4.65. The van der Waals surface area contributed by atoms with E-state index >= 15 is 0 Å². The Kier molecular flexibility index (Phi) is 5.53. The molecule has 1 aromatic carbocycles. The first kappa shape index (κ1) is 17.0. The zero-order valence-corrected chi connectivity index (χ0v) is 14.6. The SMILES string of the molecule is Cc1cccc(C)c1OC1CCN(C[C@@H](O)Cn2cccn2)CC1. The Bertz CT molecular complexity index is 614. The van der Waals surface area contributed by atoms with Crippen LogP contribution in [0.3, 0.4) is 0 Å². The average Bonchev–Trinajstić information content (AvgIpc) is 3.05. The van der Waals surface area contributed by atoms with Gasteiger partial charge in [-0.2, -0.15) is 5.10 Å². The van der Waals surface area contributed by atoms with Crippen LogP contribution >= 0.6 is 0 Å². The number of ether oxygens (including phenoxy) is 1. The summed E-state index contributed by atoms with van der Waals surface area (Å²) in [6, 6.07) is 8.15. The molecular formula is C19H27N3O2. The number of aliphatic hydroxyl groups is 1. The summed E-state index contributed by atoms with van der Waals surface area (Å²) in [4.78, 5) is 2.32. The van der Waals surface area contributed by atoms with Gasteiger partial charge in [0.05, 0.1) is 12.6 Å². The molecule has 0 aliphatic carbocycles. The summed E-state index contributed by atoms with van der Waals surface area (Å²) >= 11 is 0. The molecule has 0 bridgehead atoms. The maximum atomic E-state index is 10.2. The molecule has 1 aliphatic rings. The molecule has 2 aromatic rings. The van der Waals surface area contributed by atoms with Gasteiger partial charge in [0.15, 0.2) is 0 Å². The van der Waals surface area contributed by atoms with Crippen molar-refractivity contribution in [2.45, 2.75) is 45.4 Å². The van der Waals surface area contributed by atoms with Crippen molar-refractivity contribution in [3.05, 3.63) is 47.8 Å². The van der Waals surface area contributed by atoms with Crippen LogP contribution in [0.5, 0.6) is 5.75 Å². The molecule has 2 heterocycles. The Morgan fingerprint density at radius 3 is 2.50 bits per heavy atom. The molecule has 1 N–H and O–H groups in total. The van der Waals surface area contributed by atoms with Crippen LogP contribution in [0.1, 0.15) is 24.0 Å². The number of aliphatic hydroxyl groups excluding tert-OH is 1. The van der Waals surface area contributed by atoms with Gasteiger partial charge in [0.25, 0.3) is 0 Å². The number of hydrogen-bond acceptors (Lipinski definition) is 4. The molecular weight excluding hydrogens is 302 g/mol. The monoisotopic (exact) mass is 329 g/mol. The van der Waals surface area contributed by atoms with Gasteiger partial charge in [0, 0.05) is 32.0 Å². The first-order valence-electron chi connectivity index (χ1n) is 8.72. The van der Waals surface area contributed by atoms with E-state index in [2.05, 4.69) is 42.0 Å². The van der Waals surface area contributed by atoms with E-state index in [9.17, 15) is 5.11 Å². The van der Waals surface area contributed by atoms with Crippen molar-refractivity contribution in [1.29, 1.82) is 0 Å². The zero-order chi connectivity index (χ0) is 16.9. The summed E-state index contributed by atoms with van der Waals surface area (Å²) in [5.41, 5.74) is 2.40. The van der Waals surface area contributed by atoms with Gasteiger partial charge in [0.1, 0.15) is 11.9 Å². The van der Waals surface area contributed by atoms with Gasteiger partial charge in [-0.05, 0) is 43.9 Å². The molecule has 1 atom stereocenters. The van der Waals surface area contributed by atoms with Crippen LogP contribution in [-0.2, 0) is 6.54 Å². The number of para-hydroxylation sites is 1. The second-order valence-electron chi connectivity index (χ2n) is 6.72. The van der Waals surface area contributed by atoms with Gasteiger partial charge >= 0.3 is 0 Å². The van der Waals surface area contributed by atoms with Crippen molar-refractivity contribution in [3.8, 4) is 5.75 Å². The van der Waals surface area contributed by atoms with Crippen LogP contribution < -0.4 is 4.74 Å². The van der Waals surface area contributed by atoms with Gasteiger partial charge in [0.2, 0.25) is 0 Å². The van der Waals surface area contributed by atoms with Crippen LogP contribution in [0.25, 0.3) is 0 Å². The highest BCUT2D eigenvalue weighted by Gasteiger charge is 2.23. The molecule has 24 heavy (non-hydrogen) atoms. The van der Waals surface area contributed by atoms with Crippen molar-refractivity contribution in [2.24, 2.45) is 0 Å². The summed E-state index contributed by atoms with van der Waals surface area (Å²) in [7, 11) is 0. The lowest BCUT2D eigenvalue weighted by molar-refractivity contribution is 0.0530. The van der Waals surface area contributed by atoms with Crippen molar-refractivity contribution in [3.63, 3.8) is 0 Å². The number of aromatic nitrogens is 2. The third kappa shape index (κ3) is 4.36. The van der Waals surface area contributed by atoms with E-state index in [1.54, 1.807) is 10.9 Å². The molecule has 1 saturated heterocycles. The predicted molar refractivity (Wildman–Crippen MR) is 94.2 cm³/mol. The molecule has 1 aliphatic heterocycles. The molecule has 1 aromatic heterocycles. The number of β-amino-alcohol motifs (C(OH)–C–C–N with tert-alkyl or cyclic N) is 1. The van der Waals surface area contributed by atoms with Crippen LogP contribution in [0.4, 0.5) is 0 Å². The van der Waals surface area contributed by atoms with Gasteiger partial charge in [-0.1, -0.05) is 18.2 Å². The molecule has 3 rings (SSSR count). The molecule has 0 saturated carbocycles. The van der Waals surface area contributed by atoms with Crippen LogP contribution in [0.15, 0.2) is 36.7 Å². The van der Waals surface area contributed by atoms with E-state index in [1.807, 2.05) is 12.3 Å². The van der Waals surface area contributed by atoms with E-state index in [1.165, 1.54) is 11.1 Å². The van der Waals surface area contributed by atoms with E-state index < -0.39 is 0 Å². The number of piperidine rings is 1. The Morgan fingerprint density at radius 2 is 1.88 bits per heavy atom. The maximum absolute atomic E-state index is 10.2. The summed E-state index contributed by atoms with van der Waals surface area (Å²) in [5, 5.41) is 14.4. The van der Waals surface area contributed by atoms with Crippen molar-refractivity contribution in [1.82, 2.24) is 14.7 Å². The van der Waals surface area contributed by atoms with Gasteiger partial charge < -0.3 is 14.7 Å². The summed E-state index contributed by atoms with van der Waals surface area (Å²) in [6.07, 6.45) is 5.51. The van der Waals surface area contributed by atoms with Crippen LogP contribution in [0.2, 0.25) is 0 Å². The lowest BCUT2D eigenvalue weighted by Gasteiger charge is -2.33. The van der Waals surface area contributed by atoms with Crippen LogP contribution in [-0.4, -0.2) is 51.6 Å². The third-order valence-corrected chi connectivity index (χ3v) is 4.65. The van der Waals surface area contributed by atoms with Gasteiger partial charge in [-0.3, -0.25) is 4.68 Å². The normalized spacial score (nSPS) is 17.8. The Morgan fingerprint density at radius 1 is 1.17 bits per heavy atom. The molecule has 5 heteroatoms. The smallest absolute Gasteiger partial charge is 0.125 e. The quantitative estimate of drug-likeness (QED) is 0.884. The Hall–Kier alpha value is -1.85. The standard InChI is InChI=1S/C19H27N3O2/c1-15-5-3-6-16(2)19(15)24-18-7-11-21(12-8-18)13-17(23)14-22-10-4-9-20-22/h3-6,9-10,17-18,23H,7-8,11-14H2,1-2H3/t17-/m1/s1. The summed E-state index contributed by atoms with van der Waals surface area (Å²) in [5.74, 6) is 1.04. The number of likely N-dealkylation sites (tertiary alicyclic amines) is 1. The molecule has 0 radical (unpaired) electrons. The Labute approximate surface area is 143 Å². The van der Waals surface area contributed by atoms with Gasteiger partial charge in [-0.15, -0.1) is 0 Å². The molecule has 5 nitrogen and oxygen atoms in total. The molecule has 0 unspecified atom stereocenters. The van der Waals surface area contributed by atoms with Crippen molar-refractivity contribution >= 4 is 0 Å². The van der Waals surface area contributed by atoms with E-state index in [0.717, 1.165) is 31.7 Å². The summed E-state index contributed by atoms with van der Waals surface area (Å²) < 4.78 is 8.03. The van der Waals surface area contributed by atoms with E-state index in [4.69, 9.17) is 4.74 Å². The fourth-order valence-corrected chi connectivity index (χ4v) is 3.34. The molecule has 130 valence electrons. The van der Waals surface area contributed by atoms with Crippen molar-refractivity contribution in [2.75, 3.05) is 19.6 Å². The minimum absolute atomic E-state index is 0.268. The lowest BCUT2D eigenvalue weighted by Crippen LogP contribution is -2.42. The second-order valence-corrected chi connectivity index (χ2v) is 6.72. The van der Waals surface area contributed by atoms with Gasteiger partial charge in [-0.25, -0.2) is 0 Å². The highest BCUT2D eigenvalue weighted by atomic mass is 16.5. The average molecular weight is 329 g/mol. The predicted octanol–water partition coefficient (Wildman–Crippen LogP) is 2.40. The highest BCUT2D eigenvalue weighted by molar-refractivity contribution is 5.39. The molecule has 1 fully saturated rings. The number of rotatable bonds is 6. The molecule has 0 amide bonds. The number of benzene rings is 1. The summed E-state index contributed by atoms with van der Waals surface area (Å²) in [6.45, 7) is 7.37. The minimum atomic E-state index is -0.388. The van der Waals surface area contributed by atoms with E-state index in [-0.39, 0.29) is 12.2 Å². The van der Waals surface area contributed by atoms with Crippen molar-refractivity contribution < 1.29 is 9.84 Å². The maximum Gasteiger partial charge on any atom is 0.125 e. The number of hydrogen-bond donors (Lipinski definition) is 1. The van der Waals surface area contributed by atoms with Crippen LogP contribution in [0, 0.1) is 13.8 Å².